The minimum atomic E-state index is -4.92. The highest BCUT2D eigenvalue weighted by atomic mass is 32.3. The minimum absolute atomic E-state index is 0.00221. The number of unbranched alkanes of at least 4 members (excludes halogenated alkanes) is 9. The zero-order valence-corrected chi connectivity index (χ0v) is 32.1. The highest BCUT2D eigenvalue weighted by molar-refractivity contribution is 7.80. The molecule has 0 radical (unpaired) electrons. The Balaban J connectivity index is 1.59. The van der Waals surface area contributed by atoms with Gasteiger partial charge in [-0.3, -0.25) is 14.1 Å². The van der Waals surface area contributed by atoms with Crippen LogP contribution in [0.25, 0.3) is 0 Å². The Hall–Kier alpha value is -2.08. The van der Waals surface area contributed by atoms with Gasteiger partial charge in [0, 0.05) is 52.2 Å². The van der Waals surface area contributed by atoms with Gasteiger partial charge in [-0.2, -0.15) is 8.42 Å². The first-order chi connectivity index (χ1) is 25.7. The van der Waals surface area contributed by atoms with E-state index in [0.717, 1.165) is 70.8 Å². The zero-order valence-electron chi connectivity index (χ0n) is 31.3. The van der Waals surface area contributed by atoms with E-state index in [1.807, 2.05) is 0 Å². The molecule has 0 saturated carbocycles. The molecule has 0 bridgehead atoms. The summed E-state index contributed by atoms with van der Waals surface area (Å²) in [6, 6.07) is 0. The van der Waals surface area contributed by atoms with Crippen molar-refractivity contribution in [2.24, 2.45) is 5.92 Å². The molecule has 2 heterocycles. The number of aliphatic carboxylic acids is 1. The van der Waals surface area contributed by atoms with Crippen LogP contribution in [-0.4, -0.2) is 152 Å². The van der Waals surface area contributed by atoms with Gasteiger partial charge in [-0.05, 0) is 38.5 Å². The molecule has 2 amide bonds. The van der Waals surface area contributed by atoms with Crippen LogP contribution in [0.3, 0.4) is 0 Å². The van der Waals surface area contributed by atoms with E-state index in [-0.39, 0.29) is 18.4 Å². The number of carboxylic acid groups (broad SMARTS) is 1. The lowest BCUT2D eigenvalue weighted by atomic mass is 9.92. The third-order valence-corrected chi connectivity index (χ3v) is 9.73. The molecule has 0 aromatic heterocycles. The van der Waals surface area contributed by atoms with Gasteiger partial charge in [0.1, 0.15) is 30.5 Å². The summed E-state index contributed by atoms with van der Waals surface area (Å²) >= 11 is 0. The second-order valence-electron chi connectivity index (χ2n) is 13.7. The molecule has 316 valence electrons. The number of carboxylic acids is 1. The summed E-state index contributed by atoms with van der Waals surface area (Å²) in [4.78, 5) is 36.0. The van der Waals surface area contributed by atoms with Crippen molar-refractivity contribution in [2.75, 3.05) is 40.0 Å². The van der Waals surface area contributed by atoms with Crippen molar-refractivity contribution in [3.8, 4) is 0 Å². The van der Waals surface area contributed by atoms with E-state index in [9.17, 15) is 48.3 Å². The average Bonchev–Trinajstić information content (AvgIpc) is 3.12. The van der Waals surface area contributed by atoms with E-state index < -0.39 is 84.2 Å². The van der Waals surface area contributed by atoms with E-state index in [2.05, 4.69) is 14.8 Å². The first-order valence-corrected chi connectivity index (χ1v) is 20.2. The summed E-state index contributed by atoms with van der Waals surface area (Å²) in [5, 5.41) is 57.8. The molecular formula is C34H62N2O17S. The van der Waals surface area contributed by atoms with Gasteiger partial charge in [0.2, 0.25) is 11.8 Å². The van der Waals surface area contributed by atoms with Crippen molar-refractivity contribution in [3.63, 3.8) is 0 Å². The molecule has 20 heteroatoms. The minimum Gasteiger partial charge on any atom is -0.479 e. The van der Waals surface area contributed by atoms with Crippen molar-refractivity contribution >= 4 is 28.2 Å². The molecule has 2 aliphatic rings. The van der Waals surface area contributed by atoms with Crippen molar-refractivity contribution in [1.82, 2.24) is 10.6 Å². The van der Waals surface area contributed by atoms with Crippen LogP contribution in [-0.2, 0) is 52.7 Å². The van der Waals surface area contributed by atoms with Crippen LogP contribution < -0.4 is 10.6 Å². The maximum atomic E-state index is 12.1. The van der Waals surface area contributed by atoms with Crippen molar-refractivity contribution in [2.45, 2.75) is 152 Å². The summed E-state index contributed by atoms with van der Waals surface area (Å²) in [6.07, 6.45) is -3.76. The molecule has 10 atom stereocenters. The fraction of sp³-hybridized carbons (Fsp3) is 0.912. The van der Waals surface area contributed by atoms with Crippen LogP contribution in [0.4, 0.5) is 0 Å². The highest BCUT2D eigenvalue weighted by Gasteiger charge is 2.52. The number of ether oxygens (including phenoxy) is 5. The summed E-state index contributed by atoms with van der Waals surface area (Å²) < 4.78 is 62.0. The van der Waals surface area contributed by atoms with E-state index >= 15 is 0 Å². The highest BCUT2D eigenvalue weighted by Crippen LogP contribution is 2.32. The van der Waals surface area contributed by atoms with Crippen LogP contribution in [0.5, 0.6) is 0 Å². The Morgan fingerprint density at radius 1 is 0.685 bits per heavy atom. The number of carbonyl (C=O) groups excluding carboxylic acids is 2. The normalized spacial score (nSPS) is 28.8. The van der Waals surface area contributed by atoms with Crippen LogP contribution in [0.1, 0.15) is 96.8 Å². The Bertz CT molecular complexity index is 1200. The Labute approximate surface area is 317 Å². The Morgan fingerprint density at radius 2 is 1.22 bits per heavy atom. The molecule has 2 aliphatic heterocycles. The maximum absolute atomic E-state index is 12.1. The Kier molecular flexibility index (Phi) is 23.1. The van der Waals surface area contributed by atoms with Crippen LogP contribution >= 0.6 is 0 Å². The van der Waals surface area contributed by atoms with Crippen LogP contribution in [0.15, 0.2) is 0 Å². The number of methoxy groups -OCH3 is 1. The smallest absolute Gasteiger partial charge is 0.397 e. The van der Waals surface area contributed by atoms with E-state index in [1.165, 1.54) is 6.92 Å². The molecule has 0 aromatic rings. The largest absolute Gasteiger partial charge is 0.479 e. The van der Waals surface area contributed by atoms with Gasteiger partial charge in [0.05, 0.1) is 12.7 Å². The second kappa shape index (κ2) is 26.0. The van der Waals surface area contributed by atoms with Crippen molar-refractivity contribution in [1.29, 1.82) is 0 Å². The number of hydrogen-bond donors (Lipinski definition) is 8. The summed E-state index contributed by atoms with van der Waals surface area (Å²) in [5.41, 5.74) is 0. The molecule has 0 spiro atoms. The van der Waals surface area contributed by atoms with Gasteiger partial charge < -0.3 is 59.9 Å². The summed E-state index contributed by atoms with van der Waals surface area (Å²) in [7, 11) is -3.25. The summed E-state index contributed by atoms with van der Waals surface area (Å²) in [6.45, 7) is 2.46. The fourth-order valence-corrected chi connectivity index (χ4v) is 6.36. The third-order valence-electron chi connectivity index (χ3n) is 9.30. The molecule has 2 fully saturated rings. The maximum Gasteiger partial charge on any atom is 0.397 e. The average molecular weight is 803 g/mol. The molecule has 2 saturated heterocycles. The van der Waals surface area contributed by atoms with Crippen LogP contribution in [0.2, 0.25) is 0 Å². The quantitative estimate of drug-likeness (QED) is 0.0386. The number of nitrogens with one attached hydrogen (secondary N) is 2. The van der Waals surface area contributed by atoms with Crippen molar-refractivity contribution in [3.05, 3.63) is 0 Å². The van der Waals surface area contributed by atoms with E-state index in [4.69, 9.17) is 28.2 Å². The SMILES string of the molecule is COCCCCCC(=O)NCCCCCCCC(=O)NCCCCCCOC1OC(C(=O)O)C(OC2OC(COS(=O)(=O)O)C(O)C(O)C2C)C(O)C1O. The van der Waals surface area contributed by atoms with Gasteiger partial charge in [0.25, 0.3) is 0 Å². The van der Waals surface area contributed by atoms with Gasteiger partial charge in [0.15, 0.2) is 18.7 Å². The van der Waals surface area contributed by atoms with E-state index in [0.29, 0.717) is 38.8 Å². The van der Waals surface area contributed by atoms with E-state index in [1.54, 1.807) is 7.11 Å². The van der Waals surface area contributed by atoms with Crippen LogP contribution in [0, 0.1) is 5.92 Å². The first-order valence-electron chi connectivity index (χ1n) is 18.8. The third kappa shape index (κ3) is 18.2. The number of carbonyl (C=O) groups is 3. The van der Waals surface area contributed by atoms with Gasteiger partial charge in [-0.15, -0.1) is 0 Å². The number of amides is 2. The molecule has 8 N–H and O–H groups in total. The molecule has 2 rings (SSSR count). The molecular weight excluding hydrogens is 740 g/mol. The molecule has 54 heavy (non-hydrogen) atoms. The molecule has 19 nitrogen and oxygen atoms in total. The van der Waals surface area contributed by atoms with Gasteiger partial charge in [-0.1, -0.05) is 45.4 Å². The van der Waals surface area contributed by atoms with Gasteiger partial charge in [-0.25, -0.2) is 8.98 Å². The first kappa shape index (κ1) is 48.1. The standard InChI is InChI=1S/C34H62N2O17S/c1-22-26(39)27(40)23(21-50-54(45,46)47)51-33(22)52-30-28(41)29(42)34(53-31(30)32(43)44)49-20-14-7-6-12-18-36-24(37)15-9-4-3-5-11-17-35-25(38)16-10-8-13-19-48-2/h22-23,26-31,33-34,39-42H,3-21H2,1-2H3,(H,35,38)(H,36,37)(H,43,44)(H,45,46,47). The monoisotopic (exact) mass is 802 g/mol. The molecule has 10 unspecified atom stereocenters. The predicted molar refractivity (Wildman–Crippen MR) is 189 cm³/mol. The summed E-state index contributed by atoms with van der Waals surface area (Å²) in [5.74, 6) is -2.50. The lowest BCUT2D eigenvalue weighted by molar-refractivity contribution is -0.346. The van der Waals surface area contributed by atoms with Crippen molar-refractivity contribution < 1.29 is 80.8 Å². The Morgan fingerprint density at radius 3 is 1.80 bits per heavy atom. The fourth-order valence-electron chi connectivity index (χ4n) is 6.06. The lowest BCUT2D eigenvalue weighted by Crippen LogP contribution is -2.64. The zero-order chi connectivity index (χ0) is 40.1. The predicted octanol–water partition coefficient (Wildman–Crippen LogP) is 0.162. The number of aliphatic hydroxyl groups excluding tert-OH is 4. The topological polar surface area (TPSA) is 286 Å². The molecule has 0 aliphatic carbocycles. The molecule has 0 aromatic carbocycles. The lowest BCUT2D eigenvalue weighted by Gasteiger charge is -2.45. The van der Waals surface area contributed by atoms with Gasteiger partial charge >= 0.3 is 16.4 Å². The number of aliphatic hydroxyl groups is 4. The number of rotatable bonds is 28. The second-order valence-corrected chi connectivity index (χ2v) is 14.8. The number of hydrogen-bond acceptors (Lipinski definition) is 15.